The lowest BCUT2D eigenvalue weighted by Crippen LogP contribution is -2.15. The second-order valence-electron chi connectivity index (χ2n) is 4.57. The maximum Gasteiger partial charge on any atom is 0.303 e. The molecule has 0 saturated heterocycles. The van der Waals surface area contributed by atoms with E-state index in [2.05, 4.69) is 12.1 Å². The van der Waals surface area contributed by atoms with Crippen LogP contribution in [0.5, 0.6) is 17.2 Å². The van der Waals surface area contributed by atoms with Crippen LogP contribution >= 0.6 is 0 Å². The maximum atomic E-state index is 10.5. The number of nitrogens with one attached hydrogen (secondary N) is 1. The van der Waals surface area contributed by atoms with E-state index in [0.29, 0.717) is 43.4 Å². The third kappa shape index (κ3) is 6.58. The Bertz CT molecular complexity index is 492. The number of hydroxylamine groups is 1. The Balaban J connectivity index is 2.75. The van der Waals surface area contributed by atoms with Crippen molar-refractivity contribution >= 4 is 5.97 Å². The van der Waals surface area contributed by atoms with Gasteiger partial charge in [-0.15, -0.1) is 6.58 Å². The molecule has 0 saturated carbocycles. The second kappa shape index (κ2) is 10.5. The van der Waals surface area contributed by atoms with E-state index in [1.807, 2.05) is 0 Å². The highest BCUT2D eigenvalue weighted by molar-refractivity contribution is 5.66. The highest BCUT2D eigenvalue weighted by atomic mass is 16.6. The molecule has 7 nitrogen and oxygen atoms in total. The van der Waals surface area contributed by atoms with Crippen molar-refractivity contribution in [1.29, 1.82) is 0 Å². The first-order valence-electron chi connectivity index (χ1n) is 7.17. The van der Waals surface area contributed by atoms with E-state index >= 15 is 0 Å². The molecular weight excluding hydrogens is 302 g/mol. The molecule has 0 aromatic heterocycles. The first kappa shape index (κ1) is 18.8. The van der Waals surface area contributed by atoms with Gasteiger partial charge in [0.1, 0.15) is 17.2 Å². The monoisotopic (exact) mass is 325 g/mol. The molecule has 2 N–H and O–H groups in total. The lowest BCUT2D eigenvalue weighted by molar-refractivity contribution is -0.137. The van der Waals surface area contributed by atoms with Crippen LogP contribution in [0.1, 0.15) is 18.4 Å². The van der Waals surface area contributed by atoms with Gasteiger partial charge in [0.2, 0.25) is 0 Å². The van der Waals surface area contributed by atoms with Crippen LogP contribution in [0.15, 0.2) is 24.8 Å². The molecule has 0 fully saturated rings. The quantitative estimate of drug-likeness (QED) is 0.346. The molecule has 0 spiro atoms. The minimum absolute atomic E-state index is 0.0664. The number of carboxylic acids is 1. The summed E-state index contributed by atoms with van der Waals surface area (Å²) in [5.74, 6) is 0.893. The summed E-state index contributed by atoms with van der Waals surface area (Å²) in [7, 11) is 3.11. The van der Waals surface area contributed by atoms with Crippen LogP contribution < -0.4 is 19.7 Å². The number of aliphatic carboxylic acids is 1. The number of benzene rings is 1. The molecular formula is C16H23NO6. The molecule has 7 heteroatoms. The van der Waals surface area contributed by atoms with Crippen molar-refractivity contribution in [2.24, 2.45) is 0 Å². The number of carboxylic acid groups (broad SMARTS) is 1. The number of rotatable bonds is 12. The fourth-order valence-corrected chi connectivity index (χ4v) is 1.87. The summed E-state index contributed by atoms with van der Waals surface area (Å²) in [5.41, 5.74) is 3.59. The Hall–Kier alpha value is -2.25. The molecule has 128 valence electrons. The Morgan fingerprint density at radius 2 is 1.96 bits per heavy atom. The summed E-state index contributed by atoms with van der Waals surface area (Å²) < 4.78 is 16.3. The Morgan fingerprint density at radius 1 is 1.30 bits per heavy atom. The molecule has 1 aromatic carbocycles. The lowest BCUT2D eigenvalue weighted by atomic mass is 10.1. The third-order valence-corrected chi connectivity index (χ3v) is 2.94. The van der Waals surface area contributed by atoms with Gasteiger partial charge in [-0.3, -0.25) is 9.63 Å². The summed E-state index contributed by atoms with van der Waals surface area (Å²) in [4.78, 5) is 15.6. The predicted octanol–water partition coefficient (Wildman–Crippen LogP) is 2.15. The van der Waals surface area contributed by atoms with Gasteiger partial charge in [0, 0.05) is 18.6 Å². The van der Waals surface area contributed by atoms with E-state index in [-0.39, 0.29) is 6.42 Å². The average Bonchev–Trinajstić information content (AvgIpc) is 2.55. The highest BCUT2D eigenvalue weighted by Crippen LogP contribution is 2.34. The third-order valence-electron chi connectivity index (χ3n) is 2.94. The predicted molar refractivity (Wildman–Crippen MR) is 84.9 cm³/mol. The lowest BCUT2D eigenvalue weighted by Gasteiger charge is -2.16. The van der Waals surface area contributed by atoms with Crippen molar-refractivity contribution in [2.75, 3.05) is 27.4 Å². The molecule has 1 aromatic rings. The Morgan fingerprint density at radius 3 is 2.48 bits per heavy atom. The van der Waals surface area contributed by atoms with Crippen LogP contribution in [0.4, 0.5) is 0 Å². The minimum Gasteiger partial charge on any atom is -0.496 e. The largest absolute Gasteiger partial charge is 0.496 e. The van der Waals surface area contributed by atoms with Crippen LogP contribution in [0.25, 0.3) is 0 Å². The summed E-state index contributed by atoms with van der Waals surface area (Å²) >= 11 is 0. The first-order valence-corrected chi connectivity index (χ1v) is 7.17. The van der Waals surface area contributed by atoms with Crippen molar-refractivity contribution in [3.8, 4) is 17.2 Å². The van der Waals surface area contributed by atoms with Gasteiger partial charge in [0.05, 0.1) is 39.5 Å². The smallest absolute Gasteiger partial charge is 0.303 e. The number of methoxy groups -OCH3 is 2. The van der Waals surface area contributed by atoms with E-state index in [0.717, 1.165) is 5.56 Å². The second-order valence-corrected chi connectivity index (χ2v) is 4.57. The van der Waals surface area contributed by atoms with Crippen LogP contribution in [0, 0.1) is 0 Å². The van der Waals surface area contributed by atoms with E-state index in [1.165, 1.54) is 0 Å². The first-order chi connectivity index (χ1) is 11.1. The molecule has 0 aliphatic heterocycles. The SMILES string of the molecule is C=CCONCc1c(OC)cc(OCCCC(=O)O)cc1OC. The van der Waals surface area contributed by atoms with Crippen molar-refractivity contribution in [2.45, 2.75) is 19.4 Å². The molecule has 0 aliphatic carbocycles. The summed E-state index contributed by atoms with van der Waals surface area (Å²) in [6, 6.07) is 3.46. The van der Waals surface area contributed by atoms with Gasteiger partial charge < -0.3 is 19.3 Å². The number of hydrogen-bond donors (Lipinski definition) is 2. The van der Waals surface area contributed by atoms with Crippen LogP contribution in [-0.2, 0) is 16.2 Å². The molecule has 0 radical (unpaired) electrons. The maximum absolute atomic E-state index is 10.5. The fourth-order valence-electron chi connectivity index (χ4n) is 1.87. The van der Waals surface area contributed by atoms with Crippen molar-refractivity contribution in [3.63, 3.8) is 0 Å². The standard InChI is InChI=1S/C16H23NO6/c1-4-7-23-17-11-13-14(20-2)9-12(10-15(13)21-3)22-8-5-6-16(18)19/h4,9-10,17H,1,5-8,11H2,2-3H3,(H,18,19). The summed E-state index contributed by atoms with van der Waals surface area (Å²) in [6.45, 7) is 4.64. The van der Waals surface area contributed by atoms with Crippen LogP contribution in [0.3, 0.4) is 0 Å². The molecule has 0 bridgehead atoms. The molecule has 0 unspecified atom stereocenters. The van der Waals surface area contributed by atoms with Crippen LogP contribution in [0.2, 0.25) is 0 Å². The number of ether oxygens (including phenoxy) is 3. The Labute approximate surface area is 135 Å². The van der Waals surface area contributed by atoms with E-state index < -0.39 is 5.97 Å². The number of carbonyl (C=O) groups is 1. The number of hydrogen-bond acceptors (Lipinski definition) is 6. The van der Waals surface area contributed by atoms with Gasteiger partial charge in [-0.2, -0.15) is 5.48 Å². The van der Waals surface area contributed by atoms with Gasteiger partial charge in [-0.1, -0.05) is 6.08 Å². The van der Waals surface area contributed by atoms with Crippen molar-refractivity contribution < 1.29 is 28.9 Å². The summed E-state index contributed by atoms with van der Waals surface area (Å²) in [6.07, 6.45) is 2.13. The van der Waals surface area contributed by atoms with Crippen molar-refractivity contribution in [3.05, 3.63) is 30.4 Å². The molecule has 23 heavy (non-hydrogen) atoms. The molecule has 0 heterocycles. The van der Waals surface area contributed by atoms with E-state index in [9.17, 15) is 4.79 Å². The zero-order chi connectivity index (χ0) is 17.1. The highest BCUT2D eigenvalue weighted by Gasteiger charge is 2.13. The molecule has 1 rings (SSSR count). The van der Waals surface area contributed by atoms with Gasteiger partial charge in [-0.25, -0.2) is 0 Å². The van der Waals surface area contributed by atoms with Gasteiger partial charge in [0.15, 0.2) is 0 Å². The normalized spacial score (nSPS) is 10.2. The van der Waals surface area contributed by atoms with E-state index in [4.69, 9.17) is 24.2 Å². The van der Waals surface area contributed by atoms with Gasteiger partial charge in [0.25, 0.3) is 0 Å². The van der Waals surface area contributed by atoms with Crippen LogP contribution in [-0.4, -0.2) is 38.5 Å². The molecule has 0 amide bonds. The molecule has 0 atom stereocenters. The van der Waals surface area contributed by atoms with Gasteiger partial charge in [-0.05, 0) is 6.42 Å². The summed E-state index contributed by atoms with van der Waals surface area (Å²) in [5, 5.41) is 8.61. The zero-order valence-electron chi connectivity index (χ0n) is 13.5. The van der Waals surface area contributed by atoms with Gasteiger partial charge >= 0.3 is 5.97 Å². The minimum atomic E-state index is -0.843. The van der Waals surface area contributed by atoms with Crippen molar-refractivity contribution in [1.82, 2.24) is 5.48 Å². The fraction of sp³-hybridized carbons (Fsp3) is 0.438. The van der Waals surface area contributed by atoms with E-state index in [1.54, 1.807) is 32.4 Å². The Kier molecular flexibility index (Phi) is 8.56. The molecule has 0 aliphatic rings. The topological polar surface area (TPSA) is 86.2 Å². The average molecular weight is 325 g/mol. The zero-order valence-corrected chi connectivity index (χ0v) is 13.5.